The number of carbonyl (C=O) groups excluding carboxylic acids is 1. The van der Waals surface area contributed by atoms with Crippen LogP contribution in [0.2, 0.25) is 0 Å². The summed E-state index contributed by atoms with van der Waals surface area (Å²) in [6.45, 7) is 7.67. The highest BCUT2D eigenvalue weighted by Gasteiger charge is 2.31. The highest BCUT2D eigenvalue weighted by atomic mass is 32.2. The summed E-state index contributed by atoms with van der Waals surface area (Å²) in [5.41, 5.74) is 0. The summed E-state index contributed by atoms with van der Waals surface area (Å²) in [4.78, 5) is 13.3. The summed E-state index contributed by atoms with van der Waals surface area (Å²) >= 11 is 1.80. The van der Waals surface area contributed by atoms with Gasteiger partial charge >= 0.3 is 0 Å². The molecule has 1 fully saturated rings. The van der Waals surface area contributed by atoms with E-state index in [0.29, 0.717) is 6.54 Å². The first kappa shape index (κ1) is 10.9. The van der Waals surface area contributed by atoms with Gasteiger partial charge in [0.05, 0.1) is 12.7 Å². The average molecular weight is 202 g/mol. The molecule has 1 rings (SSSR count). The molecule has 1 heterocycles. The minimum absolute atomic E-state index is 0.149. The predicted molar refractivity (Wildman–Crippen MR) is 56.8 cm³/mol. The summed E-state index contributed by atoms with van der Waals surface area (Å²) in [7, 11) is 0. The first-order valence-corrected chi connectivity index (χ1v) is 5.77. The molecule has 0 aromatic heterocycles. The second-order valence-electron chi connectivity index (χ2n) is 4.04. The minimum atomic E-state index is 0.149. The molecule has 0 aliphatic carbocycles. The second kappa shape index (κ2) is 3.88. The van der Waals surface area contributed by atoms with E-state index in [1.807, 2.05) is 11.8 Å². The smallest absolute Gasteiger partial charge is 0.237 e. The monoisotopic (exact) mass is 202 g/mol. The summed E-state index contributed by atoms with van der Waals surface area (Å²) in [6, 6.07) is 0. The Morgan fingerprint density at radius 1 is 1.69 bits per heavy atom. The van der Waals surface area contributed by atoms with Crippen molar-refractivity contribution in [3.63, 3.8) is 0 Å². The lowest BCUT2D eigenvalue weighted by molar-refractivity contribution is -0.128. The van der Waals surface area contributed by atoms with Crippen molar-refractivity contribution in [3.8, 4) is 0 Å². The first-order chi connectivity index (χ1) is 5.96. The van der Waals surface area contributed by atoms with Crippen molar-refractivity contribution < 1.29 is 4.79 Å². The van der Waals surface area contributed by atoms with Crippen LogP contribution in [0.15, 0.2) is 0 Å². The molecule has 1 unspecified atom stereocenters. The molecule has 0 spiro atoms. The molecule has 1 aliphatic heterocycles. The van der Waals surface area contributed by atoms with Crippen LogP contribution in [-0.4, -0.2) is 41.1 Å². The maximum absolute atomic E-state index is 11.4. The van der Waals surface area contributed by atoms with Gasteiger partial charge in [0, 0.05) is 11.3 Å². The zero-order valence-corrected chi connectivity index (χ0v) is 9.57. The van der Waals surface area contributed by atoms with E-state index >= 15 is 0 Å². The third-order valence-corrected chi connectivity index (χ3v) is 3.67. The van der Waals surface area contributed by atoms with Gasteiger partial charge in [0.1, 0.15) is 0 Å². The van der Waals surface area contributed by atoms with Gasteiger partial charge in [0.2, 0.25) is 5.91 Å². The summed E-state index contributed by atoms with van der Waals surface area (Å²) in [6.07, 6.45) is 2.28. The number of nitrogens with one attached hydrogen (secondary N) is 1. The van der Waals surface area contributed by atoms with Crippen LogP contribution in [0.4, 0.5) is 0 Å². The van der Waals surface area contributed by atoms with Crippen molar-refractivity contribution in [3.05, 3.63) is 0 Å². The molecule has 1 aliphatic rings. The molecule has 0 aromatic carbocycles. The molecule has 1 saturated heterocycles. The Bertz CT molecular complexity index is 206. The third kappa shape index (κ3) is 2.61. The molecular weight excluding hydrogens is 184 g/mol. The molecule has 3 nitrogen and oxygen atoms in total. The van der Waals surface area contributed by atoms with Crippen molar-refractivity contribution >= 4 is 17.7 Å². The van der Waals surface area contributed by atoms with Gasteiger partial charge in [-0.25, -0.2) is 0 Å². The van der Waals surface area contributed by atoms with E-state index in [0.717, 1.165) is 6.54 Å². The van der Waals surface area contributed by atoms with Crippen LogP contribution >= 0.6 is 11.8 Å². The summed E-state index contributed by atoms with van der Waals surface area (Å²) in [5, 5.41) is 3.13. The van der Waals surface area contributed by atoms with Gasteiger partial charge in [-0.2, -0.15) is 11.8 Å². The molecular formula is C9H18N2OS. The third-order valence-electron chi connectivity index (χ3n) is 2.44. The molecule has 1 amide bonds. The lowest BCUT2D eigenvalue weighted by Gasteiger charge is -2.30. The van der Waals surface area contributed by atoms with Gasteiger partial charge in [-0.3, -0.25) is 10.1 Å². The zero-order valence-electron chi connectivity index (χ0n) is 8.76. The zero-order chi connectivity index (χ0) is 10.1. The molecule has 0 saturated carbocycles. The maximum Gasteiger partial charge on any atom is 0.237 e. The molecule has 0 aromatic rings. The maximum atomic E-state index is 11.4. The fourth-order valence-electron chi connectivity index (χ4n) is 1.36. The van der Waals surface area contributed by atoms with Crippen LogP contribution in [-0.2, 0) is 4.79 Å². The van der Waals surface area contributed by atoms with Crippen LogP contribution in [0.1, 0.15) is 20.8 Å². The molecule has 13 heavy (non-hydrogen) atoms. The Kier molecular flexibility index (Phi) is 3.24. The van der Waals surface area contributed by atoms with Crippen molar-refractivity contribution in [1.29, 1.82) is 0 Å². The standard InChI is InChI=1S/C9H18N2OS/c1-7-10-5-8(12)11(7)6-9(2,3)13-4/h7,10H,5-6H2,1-4H3. The van der Waals surface area contributed by atoms with Crippen molar-refractivity contribution in [2.45, 2.75) is 31.7 Å². The molecule has 4 heteroatoms. The number of hydrogen-bond donors (Lipinski definition) is 1. The van der Waals surface area contributed by atoms with Gasteiger partial charge in [-0.05, 0) is 27.0 Å². The van der Waals surface area contributed by atoms with E-state index in [4.69, 9.17) is 0 Å². The van der Waals surface area contributed by atoms with E-state index in [9.17, 15) is 4.79 Å². The summed E-state index contributed by atoms with van der Waals surface area (Å²) in [5.74, 6) is 0.217. The fraction of sp³-hybridized carbons (Fsp3) is 0.889. The van der Waals surface area contributed by atoms with Gasteiger partial charge in [-0.15, -0.1) is 0 Å². The second-order valence-corrected chi connectivity index (χ2v) is 5.56. The van der Waals surface area contributed by atoms with Crippen molar-refractivity contribution in [2.75, 3.05) is 19.3 Å². The quantitative estimate of drug-likeness (QED) is 0.738. The van der Waals surface area contributed by atoms with E-state index < -0.39 is 0 Å². The van der Waals surface area contributed by atoms with E-state index in [2.05, 4.69) is 25.4 Å². The minimum Gasteiger partial charge on any atom is -0.325 e. The van der Waals surface area contributed by atoms with Gasteiger partial charge < -0.3 is 4.90 Å². The van der Waals surface area contributed by atoms with Gasteiger partial charge in [-0.1, -0.05) is 0 Å². The van der Waals surface area contributed by atoms with Gasteiger partial charge in [0.15, 0.2) is 0 Å². The fourth-order valence-corrected chi connectivity index (χ4v) is 1.63. The van der Waals surface area contributed by atoms with Crippen LogP contribution < -0.4 is 5.32 Å². The molecule has 1 N–H and O–H groups in total. The van der Waals surface area contributed by atoms with Crippen LogP contribution in [0.25, 0.3) is 0 Å². The number of amides is 1. The Morgan fingerprint density at radius 2 is 2.31 bits per heavy atom. The number of carbonyl (C=O) groups is 1. The molecule has 0 radical (unpaired) electrons. The lowest BCUT2D eigenvalue weighted by atomic mass is 10.2. The van der Waals surface area contributed by atoms with Crippen LogP contribution in [0.3, 0.4) is 0 Å². The van der Waals surface area contributed by atoms with Crippen LogP contribution in [0.5, 0.6) is 0 Å². The molecule has 0 bridgehead atoms. The molecule has 1 atom stereocenters. The number of hydrogen-bond acceptors (Lipinski definition) is 3. The Hall–Kier alpha value is -0.220. The number of nitrogens with zero attached hydrogens (tertiary/aromatic N) is 1. The SMILES string of the molecule is CSC(C)(C)CN1C(=O)CNC1C. The van der Waals surface area contributed by atoms with E-state index in [-0.39, 0.29) is 16.8 Å². The largest absolute Gasteiger partial charge is 0.325 e. The Labute approximate surface area is 84.2 Å². The van der Waals surface area contributed by atoms with Crippen molar-refractivity contribution in [1.82, 2.24) is 10.2 Å². The summed E-state index contributed by atoms with van der Waals surface area (Å²) < 4.78 is 0.149. The molecule has 76 valence electrons. The topological polar surface area (TPSA) is 32.3 Å². The van der Waals surface area contributed by atoms with E-state index in [1.54, 1.807) is 11.8 Å². The van der Waals surface area contributed by atoms with Crippen LogP contribution in [0, 0.1) is 0 Å². The highest BCUT2D eigenvalue weighted by molar-refractivity contribution is 7.99. The Balaban J connectivity index is 2.57. The Morgan fingerprint density at radius 3 is 2.69 bits per heavy atom. The lowest BCUT2D eigenvalue weighted by Crippen LogP contribution is -2.42. The normalized spacial score (nSPS) is 24.2. The highest BCUT2D eigenvalue weighted by Crippen LogP contribution is 2.23. The average Bonchev–Trinajstić information content (AvgIpc) is 2.36. The van der Waals surface area contributed by atoms with E-state index in [1.165, 1.54) is 0 Å². The number of rotatable bonds is 3. The number of thioether (sulfide) groups is 1. The first-order valence-electron chi connectivity index (χ1n) is 4.54. The van der Waals surface area contributed by atoms with Crippen molar-refractivity contribution in [2.24, 2.45) is 0 Å². The van der Waals surface area contributed by atoms with Gasteiger partial charge in [0.25, 0.3) is 0 Å². The predicted octanol–water partition coefficient (Wildman–Crippen LogP) is 0.906.